The average molecular weight is 278 g/mol. The summed E-state index contributed by atoms with van der Waals surface area (Å²) in [6, 6.07) is 6.19. The number of rotatable bonds is 7. The van der Waals surface area contributed by atoms with Crippen molar-refractivity contribution in [2.24, 2.45) is 17.6 Å². The van der Waals surface area contributed by atoms with Crippen LogP contribution in [-0.4, -0.2) is 39.3 Å². The van der Waals surface area contributed by atoms with E-state index < -0.39 is 0 Å². The first kappa shape index (κ1) is 15.1. The standard InChI is InChI=1S/C16H26N2O2/c1-11-5-13(11)10-18(2)16(9-17)12-6-14(19-3)8-15(7-12)20-4/h6-8,11,13,16H,5,9-10,17H2,1-4H3. The number of methoxy groups -OCH3 is 2. The summed E-state index contributed by atoms with van der Waals surface area (Å²) in [5.74, 6) is 3.30. The zero-order valence-corrected chi connectivity index (χ0v) is 12.9. The Morgan fingerprint density at radius 2 is 1.80 bits per heavy atom. The lowest BCUT2D eigenvalue weighted by atomic mass is 10.0. The van der Waals surface area contributed by atoms with E-state index in [2.05, 4.69) is 18.9 Å². The Bertz CT molecular complexity index is 428. The van der Waals surface area contributed by atoms with E-state index in [4.69, 9.17) is 15.2 Å². The van der Waals surface area contributed by atoms with Crippen molar-refractivity contribution < 1.29 is 9.47 Å². The lowest BCUT2D eigenvalue weighted by molar-refractivity contribution is 0.236. The maximum atomic E-state index is 6.00. The van der Waals surface area contributed by atoms with Crippen molar-refractivity contribution in [3.63, 3.8) is 0 Å². The second kappa shape index (κ2) is 6.46. The number of hydrogen-bond donors (Lipinski definition) is 1. The normalized spacial score (nSPS) is 22.7. The number of ether oxygens (including phenoxy) is 2. The molecule has 0 aromatic heterocycles. The van der Waals surface area contributed by atoms with Gasteiger partial charge in [-0.2, -0.15) is 0 Å². The summed E-state index contributed by atoms with van der Waals surface area (Å²) in [7, 11) is 5.49. The first-order valence-electron chi connectivity index (χ1n) is 7.22. The molecule has 4 nitrogen and oxygen atoms in total. The molecule has 3 unspecified atom stereocenters. The summed E-state index contributed by atoms with van der Waals surface area (Å²) in [5.41, 5.74) is 7.15. The van der Waals surface area contributed by atoms with Crippen LogP contribution >= 0.6 is 0 Å². The Kier molecular flexibility index (Phi) is 4.89. The summed E-state index contributed by atoms with van der Waals surface area (Å²) in [6.07, 6.45) is 1.34. The van der Waals surface area contributed by atoms with Crippen molar-refractivity contribution in [1.82, 2.24) is 4.90 Å². The fourth-order valence-corrected chi connectivity index (χ4v) is 2.74. The van der Waals surface area contributed by atoms with Crippen LogP contribution < -0.4 is 15.2 Å². The van der Waals surface area contributed by atoms with Gasteiger partial charge in [-0.25, -0.2) is 0 Å². The smallest absolute Gasteiger partial charge is 0.122 e. The van der Waals surface area contributed by atoms with Crippen molar-refractivity contribution in [2.45, 2.75) is 19.4 Å². The Hall–Kier alpha value is -1.26. The van der Waals surface area contributed by atoms with Crippen LogP contribution in [0.4, 0.5) is 0 Å². The Morgan fingerprint density at radius 3 is 2.20 bits per heavy atom. The van der Waals surface area contributed by atoms with Gasteiger partial charge in [0, 0.05) is 25.2 Å². The predicted molar refractivity (Wildman–Crippen MR) is 81.2 cm³/mol. The number of hydrogen-bond acceptors (Lipinski definition) is 4. The van der Waals surface area contributed by atoms with E-state index in [9.17, 15) is 0 Å². The molecule has 3 atom stereocenters. The molecular formula is C16H26N2O2. The molecule has 1 aromatic carbocycles. The lowest BCUT2D eigenvalue weighted by Crippen LogP contribution is -2.32. The Balaban J connectivity index is 2.16. The van der Waals surface area contributed by atoms with Crippen LogP contribution in [-0.2, 0) is 0 Å². The number of nitrogens with two attached hydrogens (primary N) is 1. The molecule has 0 heterocycles. The van der Waals surface area contributed by atoms with Crippen LogP contribution in [0.2, 0.25) is 0 Å². The lowest BCUT2D eigenvalue weighted by Gasteiger charge is -2.28. The molecule has 0 bridgehead atoms. The average Bonchev–Trinajstić information content (AvgIpc) is 3.14. The molecule has 1 aromatic rings. The highest BCUT2D eigenvalue weighted by Crippen LogP contribution is 2.39. The van der Waals surface area contributed by atoms with E-state index in [0.29, 0.717) is 6.54 Å². The largest absolute Gasteiger partial charge is 0.497 e. The zero-order valence-electron chi connectivity index (χ0n) is 12.9. The molecule has 1 fully saturated rings. The van der Waals surface area contributed by atoms with Crippen LogP contribution in [0.25, 0.3) is 0 Å². The molecule has 2 N–H and O–H groups in total. The third-order valence-corrected chi connectivity index (χ3v) is 4.31. The molecule has 112 valence electrons. The minimum atomic E-state index is 0.201. The highest BCUT2D eigenvalue weighted by molar-refractivity contribution is 5.40. The Labute approximate surface area is 121 Å². The van der Waals surface area contributed by atoms with Gasteiger partial charge in [0.25, 0.3) is 0 Å². The van der Waals surface area contributed by atoms with Gasteiger partial charge in [-0.3, -0.25) is 4.90 Å². The predicted octanol–water partition coefficient (Wildman–Crippen LogP) is 2.29. The van der Waals surface area contributed by atoms with Crippen LogP contribution in [0.1, 0.15) is 24.9 Å². The molecular weight excluding hydrogens is 252 g/mol. The van der Waals surface area contributed by atoms with Gasteiger partial charge >= 0.3 is 0 Å². The maximum Gasteiger partial charge on any atom is 0.122 e. The molecule has 20 heavy (non-hydrogen) atoms. The Morgan fingerprint density at radius 1 is 1.25 bits per heavy atom. The fourth-order valence-electron chi connectivity index (χ4n) is 2.74. The zero-order chi connectivity index (χ0) is 14.7. The molecule has 0 radical (unpaired) electrons. The molecule has 0 aliphatic heterocycles. The van der Waals surface area contributed by atoms with Crippen molar-refractivity contribution >= 4 is 0 Å². The van der Waals surface area contributed by atoms with Crippen molar-refractivity contribution in [3.05, 3.63) is 23.8 Å². The van der Waals surface area contributed by atoms with Gasteiger partial charge in [0.2, 0.25) is 0 Å². The van der Waals surface area contributed by atoms with Gasteiger partial charge in [-0.05, 0) is 43.0 Å². The van der Waals surface area contributed by atoms with Gasteiger partial charge < -0.3 is 15.2 Å². The molecule has 1 aliphatic rings. The van der Waals surface area contributed by atoms with E-state index in [-0.39, 0.29) is 6.04 Å². The third-order valence-electron chi connectivity index (χ3n) is 4.31. The van der Waals surface area contributed by atoms with Crippen molar-refractivity contribution in [3.8, 4) is 11.5 Å². The van der Waals surface area contributed by atoms with Crippen molar-refractivity contribution in [1.29, 1.82) is 0 Å². The van der Waals surface area contributed by atoms with E-state index in [1.54, 1.807) is 14.2 Å². The number of nitrogens with zero attached hydrogens (tertiary/aromatic N) is 1. The van der Waals surface area contributed by atoms with Crippen LogP contribution in [0.5, 0.6) is 11.5 Å². The van der Waals surface area contributed by atoms with Gasteiger partial charge in [0.1, 0.15) is 11.5 Å². The molecule has 0 amide bonds. The van der Waals surface area contributed by atoms with Crippen LogP contribution in [0.3, 0.4) is 0 Å². The second-order valence-corrected chi connectivity index (χ2v) is 5.81. The minimum absolute atomic E-state index is 0.201. The minimum Gasteiger partial charge on any atom is -0.497 e. The molecule has 1 saturated carbocycles. The van der Waals surface area contributed by atoms with Gasteiger partial charge in [-0.1, -0.05) is 6.92 Å². The van der Waals surface area contributed by atoms with Crippen LogP contribution in [0, 0.1) is 11.8 Å². The van der Waals surface area contributed by atoms with E-state index in [1.807, 2.05) is 18.2 Å². The quantitative estimate of drug-likeness (QED) is 0.831. The monoisotopic (exact) mass is 278 g/mol. The maximum absolute atomic E-state index is 6.00. The van der Waals surface area contributed by atoms with Gasteiger partial charge in [-0.15, -0.1) is 0 Å². The van der Waals surface area contributed by atoms with Gasteiger partial charge in [0.15, 0.2) is 0 Å². The second-order valence-electron chi connectivity index (χ2n) is 5.81. The molecule has 2 rings (SSSR count). The molecule has 4 heteroatoms. The summed E-state index contributed by atoms with van der Waals surface area (Å²) in [4.78, 5) is 2.35. The van der Waals surface area contributed by atoms with E-state index >= 15 is 0 Å². The summed E-state index contributed by atoms with van der Waals surface area (Å²) >= 11 is 0. The molecule has 0 spiro atoms. The number of benzene rings is 1. The van der Waals surface area contributed by atoms with E-state index in [1.165, 1.54) is 6.42 Å². The highest BCUT2D eigenvalue weighted by atomic mass is 16.5. The van der Waals surface area contributed by atoms with Gasteiger partial charge in [0.05, 0.1) is 14.2 Å². The summed E-state index contributed by atoms with van der Waals surface area (Å²) in [6.45, 7) is 4.00. The number of likely N-dealkylation sites (N-methyl/N-ethyl adjacent to an activating group) is 1. The summed E-state index contributed by atoms with van der Waals surface area (Å²) < 4.78 is 10.7. The fraction of sp³-hybridized carbons (Fsp3) is 0.625. The SMILES string of the molecule is COc1cc(OC)cc(C(CN)N(C)CC2CC2C)c1. The highest BCUT2D eigenvalue weighted by Gasteiger charge is 2.34. The van der Waals surface area contributed by atoms with E-state index in [0.717, 1.165) is 35.4 Å². The topological polar surface area (TPSA) is 47.7 Å². The molecule has 1 aliphatic carbocycles. The molecule has 0 saturated heterocycles. The first-order chi connectivity index (χ1) is 9.58. The summed E-state index contributed by atoms with van der Waals surface area (Å²) in [5, 5.41) is 0. The van der Waals surface area contributed by atoms with Crippen molar-refractivity contribution in [2.75, 3.05) is 34.4 Å². The van der Waals surface area contributed by atoms with Crippen LogP contribution in [0.15, 0.2) is 18.2 Å². The first-order valence-corrected chi connectivity index (χ1v) is 7.22. The third kappa shape index (κ3) is 3.44.